The quantitative estimate of drug-likeness (QED) is 0.668. The molecule has 65 valence electrons. The first-order chi connectivity index (χ1) is 5.57. The van der Waals surface area contributed by atoms with Crippen molar-refractivity contribution in [1.82, 2.24) is 0 Å². The van der Waals surface area contributed by atoms with Gasteiger partial charge in [0.25, 0.3) is 0 Å². The molecule has 0 saturated carbocycles. The molecule has 0 bridgehead atoms. The van der Waals surface area contributed by atoms with Gasteiger partial charge in [0.05, 0.1) is 4.47 Å². The Kier molecular flexibility index (Phi) is 2.80. The third-order valence-electron chi connectivity index (χ3n) is 1.61. The molecule has 0 aliphatic heterocycles. The number of benzene rings is 1. The van der Waals surface area contributed by atoms with Gasteiger partial charge in [-0.15, -0.1) is 0 Å². The monoisotopic (exact) mass is 235 g/mol. The molecule has 4 heteroatoms. The van der Waals surface area contributed by atoms with Crippen LogP contribution >= 0.6 is 15.9 Å². The molecule has 0 aromatic heterocycles. The van der Waals surface area contributed by atoms with E-state index < -0.39 is 18.2 Å². The maximum atomic E-state index is 13.0. The normalized spacial score (nSPS) is 10.4. The van der Waals surface area contributed by atoms with Crippen LogP contribution in [0.3, 0.4) is 0 Å². The number of rotatable bonds is 1. The highest BCUT2D eigenvalue weighted by molar-refractivity contribution is 9.10. The Morgan fingerprint density at radius 1 is 1.50 bits per heavy atom. The minimum atomic E-state index is -0.739. The van der Waals surface area contributed by atoms with Crippen LogP contribution in [0, 0.1) is 18.6 Å². The van der Waals surface area contributed by atoms with Gasteiger partial charge < -0.3 is 0 Å². The first-order valence-electron chi connectivity index (χ1n) is 3.29. The van der Waals surface area contributed by atoms with Crippen molar-refractivity contribution < 1.29 is 13.9 Å². The van der Waals surface area contributed by atoms with E-state index in [0.717, 1.165) is 6.07 Å². The summed E-state index contributed by atoms with van der Waals surface area (Å²) < 4.78 is 26.0. The summed E-state index contributed by atoms with van der Waals surface area (Å²) in [5, 5.41) is 10.3. The molecule has 1 radical (unpaired) electrons. The average Bonchev–Trinajstić information content (AvgIpc) is 2.08. The highest BCUT2D eigenvalue weighted by Gasteiger charge is 2.12. The van der Waals surface area contributed by atoms with Gasteiger partial charge in [-0.1, -0.05) is 0 Å². The van der Waals surface area contributed by atoms with Gasteiger partial charge in [-0.3, -0.25) is 0 Å². The summed E-state index contributed by atoms with van der Waals surface area (Å²) in [6.07, 6.45) is 0. The van der Waals surface area contributed by atoms with Crippen LogP contribution in [0.2, 0.25) is 0 Å². The van der Waals surface area contributed by atoms with Crippen molar-refractivity contribution in [2.24, 2.45) is 0 Å². The van der Waals surface area contributed by atoms with Crippen LogP contribution in [-0.2, 0) is 11.7 Å². The van der Waals surface area contributed by atoms with Crippen LogP contribution in [0.5, 0.6) is 0 Å². The molecule has 0 atom stereocenters. The molecule has 0 heterocycles. The fourth-order valence-corrected chi connectivity index (χ4v) is 1.19. The maximum absolute atomic E-state index is 13.0. The lowest BCUT2D eigenvalue weighted by atomic mass is 10.1. The van der Waals surface area contributed by atoms with Crippen molar-refractivity contribution in [2.45, 2.75) is 13.5 Å². The van der Waals surface area contributed by atoms with E-state index in [4.69, 9.17) is 0 Å². The Bertz CT molecular complexity index is 312. The molecule has 0 N–H and O–H groups in total. The molecule has 1 nitrogen and oxygen atoms in total. The molecular weight excluding hydrogens is 230 g/mol. The molecule has 0 aliphatic rings. The summed E-state index contributed by atoms with van der Waals surface area (Å²) >= 11 is 2.88. The third kappa shape index (κ3) is 1.49. The lowest BCUT2D eigenvalue weighted by Gasteiger charge is -2.04. The first kappa shape index (κ1) is 9.61. The summed E-state index contributed by atoms with van der Waals surface area (Å²) in [5.74, 6) is -1.22. The van der Waals surface area contributed by atoms with E-state index in [-0.39, 0.29) is 15.6 Å². The zero-order valence-corrected chi connectivity index (χ0v) is 7.91. The first-order valence-corrected chi connectivity index (χ1v) is 4.08. The van der Waals surface area contributed by atoms with Crippen molar-refractivity contribution in [3.05, 3.63) is 33.3 Å². The van der Waals surface area contributed by atoms with Gasteiger partial charge in [0.1, 0.15) is 18.2 Å². The van der Waals surface area contributed by atoms with E-state index in [9.17, 15) is 13.9 Å². The van der Waals surface area contributed by atoms with Crippen LogP contribution in [-0.4, -0.2) is 0 Å². The topological polar surface area (TPSA) is 19.9 Å². The fraction of sp³-hybridized carbons (Fsp3) is 0.250. The van der Waals surface area contributed by atoms with Crippen molar-refractivity contribution in [1.29, 1.82) is 0 Å². The van der Waals surface area contributed by atoms with Crippen LogP contribution in [0.15, 0.2) is 10.5 Å². The lowest BCUT2D eigenvalue weighted by Crippen LogP contribution is -1.96. The fourth-order valence-electron chi connectivity index (χ4n) is 0.901. The maximum Gasteiger partial charge on any atom is 0.138 e. The third-order valence-corrected chi connectivity index (χ3v) is 2.58. The van der Waals surface area contributed by atoms with Crippen LogP contribution in [0.1, 0.15) is 11.1 Å². The van der Waals surface area contributed by atoms with Gasteiger partial charge in [-0.05, 0) is 28.9 Å². The van der Waals surface area contributed by atoms with E-state index in [1.807, 2.05) is 0 Å². The van der Waals surface area contributed by atoms with E-state index in [1.165, 1.54) is 6.92 Å². The van der Waals surface area contributed by atoms with Gasteiger partial charge in [0.15, 0.2) is 0 Å². The van der Waals surface area contributed by atoms with Crippen molar-refractivity contribution in [3.63, 3.8) is 0 Å². The summed E-state index contributed by atoms with van der Waals surface area (Å²) in [6, 6.07) is 0.916. The summed E-state index contributed by atoms with van der Waals surface area (Å²) in [6.45, 7) is 0.679. The Balaban J connectivity index is 3.39. The predicted octanol–water partition coefficient (Wildman–Crippen LogP) is 2.97. The van der Waals surface area contributed by atoms with Crippen LogP contribution in [0.4, 0.5) is 8.78 Å². The van der Waals surface area contributed by atoms with Crippen molar-refractivity contribution >= 4 is 15.9 Å². The predicted molar refractivity (Wildman–Crippen MR) is 43.2 cm³/mol. The second-order valence-electron chi connectivity index (χ2n) is 2.41. The zero-order valence-electron chi connectivity index (χ0n) is 6.33. The van der Waals surface area contributed by atoms with Gasteiger partial charge in [0, 0.05) is 11.1 Å². The summed E-state index contributed by atoms with van der Waals surface area (Å²) in [4.78, 5) is 0. The molecule has 1 aromatic rings. The molecule has 0 saturated heterocycles. The molecule has 0 unspecified atom stereocenters. The Labute approximate surface area is 77.2 Å². The Hall–Kier alpha value is -0.480. The zero-order chi connectivity index (χ0) is 9.30. The van der Waals surface area contributed by atoms with Gasteiger partial charge >= 0.3 is 0 Å². The van der Waals surface area contributed by atoms with Gasteiger partial charge in [-0.25, -0.2) is 13.9 Å². The summed E-state index contributed by atoms with van der Waals surface area (Å²) in [5.41, 5.74) is 0.00838. The SMILES string of the molecule is Cc1c(F)c(C[O])cc(F)c1Br. The molecule has 0 spiro atoms. The molecule has 12 heavy (non-hydrogen) atoms. The minimum absolute atomic E-state index is 0.0807. The second-order valence-corrected chi connectivity index (χ2v) is 3.21. The number of hydrogen-bond acceptors (Lipinski definition) is 0. The number of halogens is 3. The summed E-state index contributed by atoms with van der Waals surface area (Å²) in [7, 11) is 0. The van der Waals surface area contributed by atoms with Crippen molar-refractivity contribution in [3.8, 4) is 0 Å². The second kappa shape index (κ2) is 3.49. The molecular formula is C8H6BrF2O. The molecule has 0 aliphatic carbocycles. The smallest absolute Gasteiger partial charge is 0.138 e. The van der Waals surface area contributed by atoms with Crippen LogP contribution < -0.4 is 0 Å². The van der Waals surface area contributed by atoms with Crippen molar-refractivity contribution in [2.75, 3.05) is 0 Å². The number of hydrogen-bond donors (Lipinski definition) is 0. The van der Waals surface area contributed by atoms with Gasteiger partial charge in [0.2, 0.25) is 0 Å². The van der Waals surface area contributed by atoms with E-state index in [1.54, 1.807) is 0 Å². The molecule has 1 rings (SSSR count). The Morgan fingerprint density at radius 2 is 2.08 bits per heavy atom. The highest BCUT2D eigenvalue weighted by Crippen LogP contribution is 2.25. The van der Waals surface area contributed by atoms with E-state index in [0.29, 0.717) is 0 Å². The lowest BCUT2D eigenvalue weighted by molar-refractivity contribution is 0.173. The molecule has 1 aromatic carbocycles. The minimum Gasteiger partial charge on any atom is -0.231 e. The van der Waals surface area contributed by atoms with E-state index >= 15 is 0 Å². The standard InChI is InChI=1S/C8H6BrF2O/c1-4-7(9)6(10)2-5(3-12)8(4)11/h2H,3H2,1H3. The highest BCUT2D eigenvalue weighted by atomic mass is 79.9. The van der Waals surface area contributed by atoms with Crippen LogP contribution in [0.25, 0.3) is 0 Å². The Morgan fingerprint density at radius 3 is 2.58 bits per heavy atom. The molecule has 0 fully saturated rings. The largest absolute Gasteiger partial charge is 0.231 e. The average molecular weight is 236 g/mol. The molecule has 0 amide bonds. The van der Waals surface area contributed by atoms with Gasteiger partial charge in [-0.2, -0.15) is 0 Å². The van der Waals surface area contributed by atoms with E-state index in [2.05, 4.69) is 15.9 Å².